The Hall–Kier alpha value is -1.99. The number of methoxy groups -OCH3 is 1. The van der Waals surface area contributed by atoms with Gasteiger partial charge in [0.1, 0.15) is 5.82 Å². The Morgan fingerprint density at radius 3 is 2.81 bits per heavy atom. The second-order valence-corrected chi connectivity index (χ2v) is 4.71. The highest BCUT2D eigenvalue weighted by Gasteiger charge is 2.23. The molecule has 2 rings (SSSR count). The van der Waals surface area contributed by atoms with Gasteiger partial charge in [0, 0.05) is 19.2 Å². The van der Waals surface area contributed by atoms with E-state index in [1.807, 2.05) is 0 Å². The molecule has 0 atom stereocenters. The van der Waals surface area contributed by atoms with E-state index in [9.17, 15) is 10.1 Å². The third-order valence-corrected chi connectivity index (χ3v) is 3.37. The van der Waals surface area contributed by atoms with Crippen LogP contribution < -0.4 is 0 Å². The fourth-order valence-corrected chi connectivity index (χ4v) is 2.33. The predicted molar refractivity (Wildman–Crippen MR) is 78.3 cm³/mol. The zero-order valence-electron chi connectivity index (χ0n) is 11.7. The number of aromatic nitrogens is 3. The summed E-state index contributed by atoms with van der Waals surface area (Å²) in [5, 5.41) is 19.4. The van der Waals surface area contributed by atoms with Gasteiger partial charge in [0.15, 0.2) is 5.82 Å². The second kappa shape index (κ2) is 6.64. The molecular weight excluding hydrogens is 296 g/mol. The number of nitro benzene ring substituents is 1. The Morgan fingerprint density at radius 1 is 1.43 bits per heavy atom. The van der Waals surface area contributed by atoms with Crippen LogP contribution in [0.4, 0.5) is 5.69 Å². The van der Waals surface area contributed by atoms with E-state index in [1.54, 1.807) is 36.8 Å². The molecule has 0 fully saturated rings. The molecule has 21 heavy (non-hydrogen) atoms. The number of alkyl halides is 1. The first-order valence-corrected chi connectivity index (χ1v) is 6.85. The molecule has 0 radical (unpaired) electrons. The number of hydrogen-bond acceptors (Lipinski definition) is 5. The third-order valence-electron chi connectivity index (χ3n) is 3.13. The average Bonchev–Trinajstić information content (AvgIpc) is 2.86. The van der Waals surface area contributed by atoms with Crippen LogP contribution in [-0.4, -0.2) is 33.4 Å². The second-order valence-electron chi connectivity index (χ2n) is 4.45. The lowest BCUT2D eigenvalue weighted by atomic mass is 10.1. The minimum Gasteiger partial charge on any atom is -0.383 e. The van der Waals surface area contributed by atoms with E-state index in [0.717, 1.165) is 0 Å². The molecule has 0 spiro atoms. The lowest BCUT2D eigenvalue weighted by Gasteiger charge is -2.09. The van der Waals surface area contributed by atoms with Crippen LogP contribution in [0.3, 0.4) is 0 Å². The van der Waals surface area contributed by atoms with Gasteiger partial charge in [-0.05, 0) is 13.0 Å². The van der Waals surface area contributed by atoms with Crippen molar-refractivity contribution in [2.45, 2.75) is 19.3 Å². The maximum atomic E-state index is 11.3. The molecule has 1 aromatic carbocycles. The zero-order valence-corrected chi connectivity index (χ0v) is 12.5. The lowest BCUT2D eigenvalue weighted by molar-refractivity contribution is -0.384. The van der Waals surface area contributed by atoms with E-state index in [2.05, 4.69) is 10.2 Å². The highest BCUT2D eigenvalue weighted by molar-refractivity contribution is 6.16. The molecule has 0 N–H and O–H groups in total. The highest BCUT2D eigenvalue weighted by Crippen LogP contribution is 2.31. The van der Waals surface area contributed by atoms with Crippen LogP contribution in [0.5, 0.6) is 0 Å². The minimum atomic E-state index is -0.402. The molecule has 0 unspecified atom stereocenters. The van der Waals surface area contributed by atoms with Crippen molar-refractivity contribution < 1.29 is 9.66 Å². The van der Waals surface area contributed by atoms with Crippen LogP contribution in [0.1, 0.15) is 11.4 Å². The van der Waals surface area contributed by atoms with E-state index < -0.39 is 4.92 Å². The van der Waals surface area contributed by atoms with Crippen LogP contribution in [-0.2, 0) is 17.2 Å². The summed E-state index contributed by atoms with van der Waals surface area (Å²) in [5.74, 6) is 1.16. The Kier molecular flexibility index (Phi) is 4.87. The van der Waals surface area contributed by atoms with E-state index in [0.29, 0.717) is 35.9 Å². The van der Waals surface area contributed by atoms with Crippen molar-refractivity contribution in [1.29, 1.82) is 0 Å². The van der Waals surface area contributed by atoms with Gasteiger partial charge in [-0.15, -0.1) is 21.8 Å². The average molecular weight is 311 g/mol. The summed E-state index contributed by atoms with van der Waals surface area (Å²) >= 11 is 5.85. The Balaban J connectivity index is 2.59. The van der Waals surface area contributed by atoms with Gasteiger partial charge >= 0.3 is 0 Å². The highest BCUT2D eigenvalue weighted by atomic mass is 35.5. The molecule has 0 amide bonds. The van der Waals surface area contributed by atoms with Crippen LogP contribution in [0.2, 0.25) is 0 Å². The third kappa shape index (κ3) is 3.03. The normalized spacial score (nSPS) is 10.8. The molecule has 0 saturated heterocycles. The zero-order chi connectivity index (χ0) is 15.4. The maximum absolute atomic E-state index is 11.3. The molecule has 0 aliphatic rings. The van der Waals surface area contributed by atoms with Crippen LogP contribution in [0.25, 0.3) is 11.4 Å². The molecule has 0 bridgehead atoms. The van der Waals surface area contributed by atoms with Gasteiger partial charge in [-0.2, -0.15) is 0 Å². The number of rotatable bonds is 6. The van der Waals surface area contributed by atoms with Gasteiger partial charge in [-0.1, -0.05) is 12.1 Å². The van der Waals surface area contributed by atoms with Crippen molar-refractivity contribution in [2.75, 3.05) is 13.7 Å². The number of halogens is 1. The minimum absolute atomic E-state index is 0.0321. The summed E-state index contributed by atoms with van der Waals surface area (Å²) in [7, 11) is 1.58. The monoisotopic (exact) mass is 310 g/mol. The number of aryl methyl sites for hydroxylation is 1. The van der Waals surface area contributed by atoms with Gasteiger partial charge in [-0.3, -0.25) is 10.1 Å². The molecule has 2 aromatic rings. The number of hydrogen-bond donors (Lipinski definition) is 0. The lowest BCUT2D eigenvalue weighted by Crippen LogP contribution is -2.10. The number of nitrogens with zero attached hydrogens (tertiary/aromatic N) is 4. The Morgan fingerprint density at radius 2 is 2.19 bits per heavy atom. The summed E-state index contributed by atoms with van der Waals surface area (Å²) in [4.78, 5) is 10.9. The SMILES string of the molecule is COCCn1c(CCl)nnc1-c1cccc(C)c1[N+](=O)[O-]. The van der Waals surface area contributed by atoms with E-state index >= 15 is 0 Å². The predicted octanol–water partition coefficient (Wildman–Crippen LogP) is 2.55. The first-order chi connectivity index (χ1) is 10.1. The topological polar surface area (TPSA) is 83.1 Å². The van der Waals surface area contributed by atoms with Crippen molar-refractivity contribution in [2.24, 2.45) is 0 Å². The number of para-hydroxylation sites is 1. The van der Waals surface area contributed by atoms with Crippen LogP contribution in [0, 0.1) is 17.0 Å². The van der Waals surface area contributed by atoms with Gasteiger partial charge in [-0.25, -0.2) is 0 Å². The first kappa shape index (κ1) is 15.4. The van der Waals surface area contributed by atoms with Gasteiger partial charge in [0.2, 0.25) is 0 Å². The van der Waals surface area contributed by atoms with Crippen LogP contribution in [0.15, 0.2) is 18.2 Å². The summed E-state index contributed by atoms with van der Waals surface area (Å²) in [6.07, 6.45) is 0. The Bertz CT molecular complexity index is 657. The summed E-state index contributed by atoms with van der Waals surface area (Å²) in [5.41, 5.74) is 1.04. The smallest absolute Gasteiger partial charge is 0.283 e. The van der Waals surface area contributed by atoms with E-state index in [1.165, 1.54) is 0 Å². The molecule has 8 heteroatoms. The molecule has 0 aliphatic carbocycles. The summed E-state index contributed by atoms with van der Waals surface area (Å²) < 4.78 is 6.80. The molecule has 0 aliphatic heterocycles. The first-order valence-electron chi connectivity index (χ1n) is 6.31. The quantitative estimate of drug-likeness (QED) is 0.465. The van der Waals surface area contributed by atoms with Crippen molar-refractivity contribution in [3.8, 4) is 11.4 Å². The molecule has 1 heterocycles. The molecule has 112 valence electrons. The van der Waals surface area contributed by atoms with Gasteiger partial charge in [0.25, 0.3) is 5.69 Å². The van der Waals surface area contributed by atoms with Crippen molar-refractivity contribution in [3.63, 3.8) is 0 Å². The summed E-state index contributed by atoms with van der Waals surface area (Å²) in [6, 6.07) is 5.11. The van der Waals surface area contributed by atoms with Crippen LogP contribution >= 0.6 is 11.6 Å². The maximum Gasteiger partial charge on any atom is 0.283 e. The van der Waals surface area contributed by atoms with E-state index in [-0.39, 0.29) is 11.6 Å². The molecule has 7 nitrogen and oxygen atoms in total. The van der Waals surface area contributed by atoms with Gasteiger partial charge in [0.05, 0.1) is 23.0 Å². The van der Waals surface area contributed by atoms with Crippen molar-refractivity contribution in [1.82, 2.24) is 14.8 Å². The fourth-order valence-electron chi connectivity index (χ4n) is 2.13. The summed E-state index contributed by atoms with van der Waals surface area (Å²) in [6.45, 7) is 2.61. The molecular formula is C13H15ClN4O3. The number of ether oxygens (including phenoxy) is 1. The number of benzene rings is 1. The van der Waals surface area contributed by atoms with E-state index in [4.69, 9.17) is 16.3 Å². The standard InChI is InChI=1S/C13H15ClN4O3/c1-9-4-3-5-10(12(9)18(19)20)13-16-15-11(8-14)17(13)6-7-21-2/h3-5H,6-8H2,1-2H3. The largest absolute Gasteiger partial charge is 0.383 e. The van der Waals surface area contributed by atoms with Crippen molar-refractivity contribution >= 4 is 17.3 Å². The molecule has 1 aromatic heterocycles. The molecule has 0 saturated carbocycles. The van der Waals surface area contributed by atoms with Crippen molar-refractivity contribution in [3.05, 3.63) is 39.7 Å². The fraction of sp³-hybridized carbons (Fsp3) is 0.385. The number of nitro groups is 1. The Labute approximate surface area is 126 Å². The van der Waals surface area contributed by atoms with Gasteiger partial charge < -0.3 is 9.30 Å².